The molecule has 455 valence electrons. The molecule has 0 aliphatic carbocycles. The molecule has 3 aromatic carbocycles. The molecule has 6 heterocycles. The quantitative estimate of drug-likeness (QED) is 0.0317. The summed E-state index contributed by atoms with van der Waals surface area (Å²) in [7, 11) is 2.73. The van der Waals surface area contributed by atoms with Crippen LogP contribution in [0.3, 0.4) is 0 Å². The zero-order valence-electron chi connectivity index (χ0n) is 47.1. The number of rotatable bonds is 8. The van der Waals surface area contributed by atoms with Crippen LogP contribution < -0.4 is 39.2 Å². The standard InChI is InChI=1S/C18H19N3O6S.C17H17N3O4.C13H12BrN3O3.C4H6O.CH3ClO2S.CH3.H3N.Y/c1-20-15-11-12(5-3-4-10-27-28(2,25)26)6-7-13(15)21(18(20)24)14-8-9-16(22)19-17(14)23;1-19-14-10-11(4-2-3-9-21)5-6-12(14)20(17(19)24)13-7-8-15(22)18-16(13)23;1-16-10-6-7(14)2-3-8(10)17(13(16)20)9-4-5-11(18)15-12(9)19;1-2-3-4-5;1-5(2,3)4;;;/h6-7,11,14H,4,8-10H2,1-2H3,(H,19,22,23);5-6,10,13,21H,3,7-9H2,1H3,(H,18,22,23);2-3,6,9H,4-5H2,1H3,(H,15,18,19);1,5H,3-4H2;1H3;2*1H3;/q;;;;;-1;;. The Morgan fingerprint density at radius 1 is 0.588 bits per heavy atom. The van der Waals surface area contributed by atoms with E-state index in [1.165, 1.54) is 27.4 Å². The minimum Gasteiger partial charge on any atom is -0.395 e. The van der Waals surface area contributed by atoms with Gasteiger partial charge in [-0.1, -0.05) is 39.6 Å². The Labute approximate surface area is 527 Å². The zero-order chi connectivity index (χ0) is 60.8. The number of carbonyl (C=O) groups is 6. The first kappa shape index (κ1) is 74.3. The first-order chi connectivity index (χ1) is 38.6. The van der Waals surface area contributed by atoms with Crippen LogP contribution in [0.1, 0.15) is 87.0 Å². The molecule has 3 aliphatic rings. The second kappa shape index (κ2) is 33.2. The van der Waals surface area contributed by atoms with Gasteiger partial charge in [-0.3, -0.25) is 76.3 Å². The number of imidazole rings is 3. The predicted molar refractivity (Wildman–Crippen MR) is 317 cm³/mol. The van der Waals surface area contributed by atoms with Crippen LogP contribution >= 0.6 is 26.6 Å². The summed E-state index contributed by atoms with van der Waals surface area (Å²) in [5.41, 5.74) is 4.37. The van der Waals surface area contributed by atoms with Crippen LogP contribution in [0.15, 0.2) is 73.5 Å². The van der Waals surface area contributed by atoms with Crippen molar-refractivity contribution in [3.8, 4) is 36.0 Å². The summed E-state index contributed by atoms with van der Waals surface area (Å²) in [5.74, 6) is 11.5. The molecule has 26 nitrogen and oxygen atoms in total. The first-order valence-corrected chi connectivity index (χ1v) is 30.1. The van der Waals surface area contributed by atoms with Crippen LogP contribution in [0.4, 0.5) is 0 Å². The molecule has 85 heavy (non-hydrogen) atoms. The molecule has 3 fully saturated rings. The fourth-order valence-corrected chi connectivity index (χ4v) is 9.34. The van der Waals surface area contributed by atoms with Gasteiger partial charge in [-0.05, 0) is 73.9 Å². The maximum atomic E-state index is 12.7. The van der Waals surface area contributed by atoms with Crippen molar-refractivity contribution in [1.82, 2.24) is 49.5 Å². The number of nitrogens with one attached hydrogen (secondary N) is 3. The Balaban J connectivity index is 0.000000399. The molecule has 9 rings (SSSR count). The van der Waals surface area contributed by atoms with Crippen molar-refractivity contribution in [2.75, 3.05) is 32.3 Å². The number of hydrogen-bond acceptors (Lipinski definition) is 17. The fraction of sp³-hybridized carbons (Fsp3) is 0.370. The number of aliphatic hydroxyl groups is 2. The number of hydrogen-bond donors (Lipinski definition) is 6. The molecule has 6 amide bonds. The molecule has 3 saturated heterocycles. The number of imide groups is 3. The number of aryl methyl sites for hydroxylation is 3. The molecule has 3 aliphatic heterocycles. The SMILES string of the molecule is C#CCCO.CS(=O)(=O)Cl.Cn1c(=O)n(C2CCC(=O)NC2=O)c2ccc(Br)cc21.Cn1c(=O)n(C2CCC(=O)NC2=O)c2ccc(C#CCCO)cc21.Cn1c(=O)n(C2CCC(=O)NC2=O)c2ccc(C#CCCOS(C)(=O)=O)cc21.N.[CH3-].[Y]. The number of nitrogens with zero attached hydrogens (tertiary/aromatic N) is 6. The van der Waals surface area contributed by atoms with Gasteiger partial charge < -0.3 is 23.8 Å². The van der Waals surface area contributed by atoms with E-state index in [-0.39, 0.29) is 133 Å². The van der Waals surface area contributed by atoms with Crippen molar-refractivity contribution < 1.29 is 92.7 Å². The number of fused-ring (bicyclic) bond motifs is 3. The van der Waals surface area contributed by atoms with Gasteiger partial charge >= 0.3 is 17.1 Å². The van der Waals surface area contributed by atoms with Crippen molar-refractivity contribution in [2.24, 2.45) is 21.1 Å². The van der Waals surface area contributed by atoms with Crippen molar-refractivity contribution >= 4 is 114 Å². The largest absolute Gasteiger partial charge is 0.395 e. The maximum Gasteiger partial charge on any atom is 0.329 e. The zero-order valence-corrected chi connectivity index (χ0v) is 54.0. The number of halogens is 2. The van der Waals surface area contributed by atoms with E-state index in [0.29, 0.717) is 58.8 Å². The van der Waals surface area contributed by atoms with Gasteiger partial charge in [0.1, 0.15) is 18.1 Å². The monoisotopic (exact) mass is 1370 g/mol. The Hall–Kier alpha value is -6.82. The van der Waals surface area contributed by atoms with Crippen molar-refractivity contribution in [3.63, 3.8) is 0 Å². The predicted octanol–water partition coefficient (Wildman–Crippen LogP) is 1.96. The van der Waals surface area contributed by atoms with E-state index in [4.69, 9.17) is 16.6 Å². The molecular formula is C54H63BrClN10O16S2Y-. The second-order valence-corrected chi connectivity index (χ2v) is 23.9. The third-order valence-electron chi connectivity index (χ3n) is 12.3. The van der Waals surface area contributed by atoms with Crippen molar-refractivity contribution in [2.45, 2.75) is 75.9 Å². The number of carbonyl (C=O) groups excluding carboxylic acids is 6. The summed E-state index contributed by atoms with van der Waals surface area (Å²) in [6.45, 7) is 0.0779. The van der Waals surface area contributed by atoms with E-state index in [0.717, 1.165) is 28.1 Å². The molecule has 1 radical (unpaired) electrons. The van der Waals surface area contributed by atoms with Gasteiger partial charge in [0, 0.05) is 119 Å². The van der Waals surface area contributed by atoms with E-state index < -0.39 is 55.0 Å². The number of piperidine rings is 3. The van der Waals surface area contributed by atoms with Crippen molar-refractivity contribution in [1.29, 1.82) is 0 Å². The van der Waals surface area contributed by atoms with E-state index in [1.54, 1.807) is 63.6 Å². The van der Waals surface area contributed by atoms with Crippen LogP contribution in [0, 0.1) is 43.5 Å². The van der Waals surface area contributed by atoms with Crippen LogP contribution in [0.5, 0.6) is 0 Å². The topological polar surface area (TPSA) is 372 Å². The molecule has 8 N–H and O–H groups in total. The van der Waals surface area contributed by atoms with E-state index in [9.17, 15) is 60.0 Å². The normalized spacial score (nSPS) is 16.3. The molecule has 3 atom stereocenters. The van der Waals surface area contributed by atoms with Gasteiger partial charge in [0.15, 0.2) is 0 Å². The molecule has 0 spiro atoms. The molecular weight excluding hydrogens is 1310 g/mol. The van der Waals surface area contributed by atoms with Gasteiger partial charge in [0.05, 0.1) is 65.4 Å². The second-order valence-electron chi connectivity index (χ2n) is 18.3. The van der Waals surface area contributed by atoms with Crippen LogP contribution in [0.2, 0.25) is 0 Å². The van der Waals surface area contributed by atoms with Gasteiger partial charge in [0.2, 0.25) is 44.5 Å². The van der Waals surface area contributed by atoms with Gasteiger partial charge in [-0.25, -0.2) is 22.8 Å². The Morgan fingerprint density at radius 2 is 0.918 bits per heavy atom. The van der Waals surface area contributed by atoms with Crippen LogP contribution in [0.25, 0.3) is 33.1 Å². The van der Waals surface area contributed by atoms with Crippen LogP contribution in [-0.2, 0) is 106 Å². The summed E-state index contributed by atoms with van der Waals surface area (Å²) in [6.07, 6.45) is 9.28. The molecule has 6 aromatic rings. The molecule has 0 bridgehead atoms. The summed E-state index contributed by atoms with van der Waals surface area (Å²) in [4.78, 5) is 108. The first-order valence-electron chi connectivity index (χ1n) is 24.8. The minimum absolute atomic E-state index is 0. The Morgan fingerprint density at radius 3 is 1.22 bits per heavy atom. The molecule has 3 unspecified atom stereocenters. The van der Waals surface area contributed by atoms with E-state index >= 15 is 0 Å². The van der Waals surface area contributed by atoms with Gasteiger partial charge in [-0.2, -0.15) is 8.42 Å². The number of aromatic nitrogens is 6. The average molecular weight is 1380 g/mol. The summed E-state index contributed by atoms with van der Waals surface area (Å²) < 4.78 is 54.8. The Kier molecular flexibility index (Phi) is 29.0. The third kappa shape index (κ3) is 20.1. The van der Waals surface area contributed by atoms with Gasteiger partial charge in [0.25, 0.3) is 10.1 Å². The van der Waals surface area contributed by atoms with Crippen molar-refractivity contribution in [3.05, 3.63) is 109 Å². The fourth-order valence-electron chi connectivity index (χ4n) is 8.60. The summed E-state index contributed by atoms with van der Waals surface area (Å²) in [6, 6.07) is 13.8. The van der Waals surface area contributed by atoms with E-state index in [2.05, 4.69) is 76.3 Å². The number of benzene rings is 3. The average Bonchev–Trinajstić information content (AvgIpc) is 1.99. The smallest absolute Gasteiger partial charge is 0.329 e. The molecule has 3 aromatic heterocycles. The minimum atomic E-state index is -3.49. The number of amides is 6. The summed E-state index contributed by atoms with van der Waals surface area (Å²) in [5, 5.41) is 23.5. The summed E-state index contributed by atoms with van der Waals surface area (Å²) >= 11 is 3.37. The van der Waals surface area contributed by atoms with Crippen LogP contribution in [-0.4, -0.2) is 122 Å². The molecule has 0 saturated carbocycles. The van der Waals surface area contributed by atoms with Gasteiger partial charge in [-0.15, -0.1) is 12.3 Å². The maximum absolute atomic E-state index is 12.7. The van der Waals surface area contributed by atoms with E-state index in [1.807, 2.05) is 12.1 Å². The third-order valence-corrected chi connectivity index (χ3v) is 13.4. The Bertz CT molecular complexity index is 4090. The number of terminal acetylenes is 1. The molecule has 31 heteroatoms. The number of aliphatic hydroxyl groups excluding tert-OH is 2.